The molecule has 2 fully saturated rings. The number of benzene rings is 1. The van der Waals surface area contributed by atoms with E-state index in [1.54, 1.807) is 4.90 Å². The van der Waals surface area contributed by atoms with Crippen molar-refractivity contribution < 1.29 is 9.59 Å². The third-order valence-corrected chi connectivity index (χ3v) is 3.70. The lowest BCUT2D eigenvalue weighted by molar-refractivity contribution is -0.119. The summed E-state index contributed by atoms with van der Waals surface area (Å²) in [7, 11) is 0. The molecule has 1 saturated heterocycles. The Bertz CT molecular complexity index is 540. The van der Waals surface area contributed by atoms with Crippen LogP contribution in [0.2, 0.25) is 0 Å². The van der Waals surface area contributed by atoms with Crippen molar-refractivity contribution in [1.82, 2.24) is 5.32 Å². The molecule has 1 atom stereocenters. The van der Waals surface area contributed by atoms with Crippen molar-refractivity contribution in [2.24, 2.45) is 0 Å². The van der Waals surface area contributed by atoms with E-state index >= 15 is 0 Å². The molecule has 0 radical (unpaired) electrons. The minimum Gasteiger partial charge on any atom is -0.326 e. The summed E-state index contributed by atoms with van der Waals surface area (Å²) in [5.74, 6) is 0.0278. The highest BCUT2D eigenvalue weighted by Crippen LogP contribution is 2.27. The fraction of sp³-hybridized carbons (Fsp3) is 0.467. The minimum atomic E-state index is -0.108. The molecule has 2 aliphatic rings. The van der Waals surface area contributed by atoms with Gasteiger partial charge in [-0.25, -0.2) is 0 Å². The van der Waals surface area contributed by atoms with Crippen LogP contribution in [-0.4, -0.2) is 30.4 Å². The zero-order valence-electron chi connectivity index (χ0n) is 11.6. The van der Waals surface area contributed by atoms with Crippen LogP contribution in [0.25, 0.3) is 0 Å². The second-order valence-electron chi connectivity index (χ2n) is 5.50. The van der Waals surface area contributed by atoms with Gasteiger partial charge in [-0.3, -0.25) is 9.59 Å². The predicted molar refractivity (Wildman–Crippen MR) is 77.7 cm³/mol. The van der Waals surface area contributed by atoms with Gasteiger partial charge in [-0.15, -0.1) is 0 Å². The zero-order valence-corrected chi connectivity index (χ0v) is 11.6. The van der Waals surface area contributed by atoms with E-state index in [0.29, 0.717) is 6.04 Å². The molecule has 1 aromatic rings. The van der Waals surface area contributed by atoms with Gasteiger partial charge >= 0.3 is 0 Å². The molecular weight excluding hydrogens is 254 g/mol. The van der Waals surface area contributed by atoms with Crippen molar-refractivity contribution in [1.29, 1.82) is 0 Å². The fourth-order valence-corrected chi connectivity index (χ4v) is 2.58. The number of nitrogens with zero attached hydrogens (tertiary/aromatic N) is 1. The summed E-state index contributed by atoms with van der Waals surface area (Å²) in [6, 6.07) is 7.92. The highest BCUT2D eigenvalue weighted by Gasteiger charge is 2.36. The van der Waals surface area contributed by atoms with Gasteiger partial charge in [0.05, 0.1) is 6.04 Å². The predicted octanol–water partition coefficient (Wildman–Crippen LogP) is 1.50. The monoisotopic (exact) mass is 273 g/mol. The van der Waals surface area contributed by atoms with Gasteiger partial charge < -0.3 is 15.5 Å². The Morgan fingerprint density at radius 2 is 2.10 bits per heavy atom. The number of rotatable bonds is 4. The molecule has 20 heavy (non-hydrogen) atoms. The Hall–Kier alpha value is -1.88. The first kappa shape index (κ1) is 13.1. The van der Waals surface area contributed by atoms with Gasteiger partial charge in [0.1, 0.15) is 0 Å². The van der Waals surface area contributed by atoms with Gasteiger partial charge in [0.25, 0.3) is 0 Å². The van der Waals surface area contributed by atoms with Crippen molar-refractivity contribution in [3.05, 3.63) is 24.3 Å². The van der Waals surface area contributed by atoms with Gasteiger partial charge in [0.15, 0.2) is 0 Å². The van der Waals surface area contributed by atoms with Crippen molar-refractivity contribution in [3.63, 3.8) is 0 Å². The molecule has 1 unspecified atom stereocenters. The summed E-state index contributed by atoms with van der Waals surface area (Å²) in [6.45, 7) is 2.20. The van der Waals surface area contributed by atoms with Gasteiger partial charge in [-0.1, -0.05) is 6.07 Å². The largest absolute Gasteiger partial charge is 0.326 e. The number of nitrogens with one attached hydrogen (secondary N) is 2. The molecule has 1 heterocycles. The van der Waals surface area contributed by atoms with Gasteiger partial charge in [0.2, 0.25) is 11.8 Å². The Labute approximate surface area is 118 Å². The molecule has 0 bridgehead atoms. The van der Waals surface area contributed by atoms with Gasteiger partial charge in [0, 0.05) is 30.9 Å². The summed E-state index contributed by atoms with van der Waals surface area (Å²) in [6.07, 6.45) is 3.21. The highest BCUT2D eigenvalue weighted by atomic mass is 16.2. The van der Waals surface area contributed by atoms with Crippen LogP contribution in [0.5, 0.6) is 0 Å². The van der Waals surface area contributed by atoms with E-state index in [1.165, 1.54) is 19.8 Å². The zero-order chi connectivity index (χ0) is 14.1. The van der Waals surface area contributed by atoms with Crippen molar-refractivity contribution >= 4 is 23.2 Å². The normalized spacial score (nSPS) is 22.1. The van der Waals surface area contributed by atoms with Crippen LogP contribution in [0.3, 0.4) is 0 Å². The third kappa shape index (κ3) is 2.82. The van der Waals surface area contributed by atoms with Crippen LogP contribution in [0.1, 0.15) is 26.2 Å². The minimum absolute atomic E-state index is 0.0491. The van der Waals surface area contributed by atoms with Crippen LogP contribution in [0.4, 0.5) is 11.4 Å². The number of hydrogen-bond donors (Lipinski definition) is 2. The van der Waals surface area contributed by atoms with E-state index in [4.69, 9.17) is 0 Å². The SMILES string of the molecule is CC(=O)Nc1cccc(N2CCC(NC3CC3)C2=O)c1. The number of carbonyl (C=O) groups is 2. The molecule has 1 aliphatic carbocycles. The molecule has 5 heteroatoms. The molecule has 5 nitrogen and oxygen atoms in total. The summed E-state index contributed by atoms with van der Waals surface area (Å²) in [4.78, 5) is 25.3. The van der Waals surface area contributed by atoms with Gasteiger partial charge in [-0.2, -0.15) is 0 Å². The number of anilines is 2. The highest BCUT2D eigenvalue weighted by molar-refractivity contribution is 6.00. The van der Waals surface area contributed by atoms with Crippen LogP contribution in [-0.2, 0) is 9.59 Å². The van der Waals surface area contributed by atoms with E-state index in [9.17, 15) is 9.59 Å². The van der Waals surface area contributed by atoms with Crippen LogP contribution >= 0.6 is 0 Å². The average molecular weight is 273 g/mol. The average Bonchev–Trinajstić information content (AvgIpc) is 3.14. The summed E-state index contributed by atoms with van der Waals surface area (Å²) in [5, 5.41) is 6.13. The maximum Gasteiger partial charge on any atom is 0.244 e. The van der Waals surface area contributed by atoms with E-state index in [2.05, 4.69) is 10.6 Å². The molecule has 1 saturated carbocycles. The van der Waals surface area contributed by atoms with Crippen molar-refractivity contribution in [2.45, 2.75) is 38.3 Å². The van der Waals surface area contributed by atoms with Crippen molar-refractivity contribution in [2.75, 3.05) is 16.8 Å². The molecule has 0 spiro atoms. The van der Waals surface area contributed by atoms with E-state index in [0.717, 1.165) is 24.3 Å². The van der Waals surface area contributed by atoms with Crippen LogP contribution in [0, 0.1) is 0 Å². The first-order valence-corrected chi connectivity index (χ1v) is 7.08. The number of amides is 2. The molecule has 2 amide bonds. The lowest BCUT2D eigenvalue weighted by Crippen LogP contribution is -2.39. The molecule has 106 valence electrons. The second-order valence-corrected chi connectivity index (χ2v) is 5.50. The topological polar surface area (TPSA) is 61.4 Å². The van der Waals surface area contributed by atoms with E-state index < -0.39 is 0 Å². The van der Waals surface area contributed by atoms with Crippen LogP contribution < -0.4 is 15.5 Å². The smallest absolute Gasteiger partial charge is 0.244 e. The molecule has 3 rings (SSSR count). The number of carbonyl (C=O) groups excluding carboxylic acids is 2. The second kappa shape index (κ2) is 5.25. The van der Waals surface area contributed by atoms with E-state index in [1.807, 2.05) is 24.3 Å². The molecule has 1 aromatic carbocycles. The Balaban J connectivity index is 1.72. The lowest BCUT2D eigenvalue weighted by atomic mass is 10.2. The standard InChI is InChI=1S/C15H19N3O2/c1-10(19)16-12-3-2-4-13(9-12)18-8-7-14(15(18)20)17-11-5-6-11/h2-4,9,11,14,17H,5-8H2,1H3,(H,16,19). The molecule has 0 aromatic heterocycles. The maximum absolute atomic E-state index is 12.4. The first-order valence-electron chi connectivity index (χ1n) is 7.08. The summed E-state index contributed by atoms with van der Waals surface area (Å²) in [5.41, 5.74) is 1.57. The lowest BCUT2D eigenvalue weighted by Gasteiger charge is -2.18. The van der Waals surface area contributed by atoms with Crippen LogP contribution in [0.15, 0.2) is 24.3 Å². The van der Waals surface area contributed by atoms with Gasteiger partial charge in [-0.05, 0) is 37.5 Å². The third-order valence-electron chi connectivity index (χ3n) is 3.70. The van der Waals surface area contributed by atoms with E-state index in [-0.39, 0.29) is 17.9 Å². The molecular formula is C15H19N3O2. The summed E-state index contributed by atoms with van der Waals surface area (Å²) < 4.78 is 0. The fourth-order valence-electron chi connectivity index (χ4n) is 2.58. The maximum atomic E-state index is 12.4. The Morgan fingerprint density at radius 3 is 2.80 bits per heavy atom. The first-order chi connectivity index (χ1) is 9.63. The quantitative estimate of drug-likeness (QED) is 0.874. The molecule has 1 aliphatic heterocycles. The Kier molecular flexibility index (Phi) is 3.44. The number of hydrogen-bond acceptors (Lipinski definition) is 3. The van der Waals surface area contributed by atoms with Crippen molar-refractivity contribution in [3.8, 4) is 0 Å². The molecule has 2 N–H and O–H groups in total. The summed E-state index contributed by atoms with van der Waals surface area (Å²) >= 11 is 0. The Morgan fingerprint density at radius 1 is 1.30 bits per heavy atom.